The van der Waals surface area contributed by atoms with Crippen LogP contribution >= 0.6 is 0 Å². The molecule has 2 saturated heterocycles. The van der Waals surface area contributed by atoms with Crippen molar-refractivity contribution in [2.45, 2.75) is 6.10 Å². The normalized spacial score (nSPS) is 22.6. The van der Waals surface area contributed by atoms with Crippen LogP contribution in [0.3, 0.4) is 0 Å². The molecule has 0 amide bonds. The van der Waals surface area contributed by atoms with Gasteiger partial charge in [-0.2, -0.15) is 0 Å². The Morgan fingerprint density at radius 3 is 1.86 bits per heavy atom. The number of aromatic nitrogens is 2. The second-order valence-electron chi connectivity index (χ2n) is 8.61. The molecule has 2 fully saturated rings. The van der Waals surface area contributed by atoms with Crippen molar-refractivity contribution in [1.29, 1.82) is 0 Å². The van der Waals surface area contributed by atoms with Crippen molar-refractivity contribution in [2.24, 2.45) is 0 Å². The number of hydrogen-bond donors (Lipinski definition) is 0. The first-order valence-corrected chi connectivity index (χ1v) is 12.1. The number of rotatable bonds is 6. The van der Waals surface area contributed by atoms with E-state index in [0.29, 0.717) is 26.4 Å². The molecule has 190 valence electrons. The van der Waals surface area contributed by atoms with Crippen molar-refractivity contribution in [2.75, 3.05) is 62.4 Å². The fraction of sp³-hybridized carbons (Fsp3) is 0.360. The molecule has 8 nitrogen and oxygen atoms in total. The van der Waals surface area contributed by atoms with Crippen LogP contribution < -0.4 is 9.80 Å². The van der Waals surface area contributed by atoms with E-state index in [0.717, 1.165) is 48.9 Å². The number of nitrogens with zero attached hydrogens (tertiary/aromatic N) is 4. The second kappa shape index (κ2) is 11.2. The molecule has 2 aromatic heterocycles. The molecule has 0 aliphatic carbocycles. The summed E-state index contributed by atoms with van der Waals surface area (Å²) >= 11 is 0. The summed E-state index contributed by atoms with van der Waals surface area (Å²) in [6.07, 6.45) is 10.5. The van der Waals surface area contributed by atoms with Crippen molar-refractivity contribution in [3.05, 3.63) is 71.8 Å². The molecule has 0 N–H and O–H groups in total. The summed E-state index contributed by atoms with van der Waals surface area (Å²) in [5, 5.41) is 0. The number of morpholine rings is 2. The van der Waals surface area contributed by atoms with Crippen LogP contribution in [0, 0.1) is 0 Å². The van der Waals surface area contributed by atoms with E-state index >= 15 is 0 Å². The third-order valence-electron chi connectivity index (χ3n) is 6.05. The average Bonchev–Trinajstić information content (AvgIpc) is 2.91. The summed E-state index contributed by atoms with van der Waals surface area (Å²) in [7, 11) is -4.44. The highest BCUT2D eigenvalue weighted by atomic mass is 19.3. The molecular formula is C25H28BF2N4O4-. The van der Waals surface area contributed by atoms with Crippen LogP contribution in [-0.4, -0.2) is 75.8 Å². The van der Waals surface area contributed by atoms with Gasteiger partial charge in [0.05, 0.1) is 38.3 Å². The van der Waals surface area contributed by atoms with E-state index < -0.39 is 13.2 Å². The smallest absolute Gasteiger partial charge is 0.639 e. The van der Waals surface area contributed by atoms with Gasteiger partial charge in [-0.25, -0.2) is 9.97 Å². The first-order valence-electron chi connectivity index (χ1n) is 12.1. The van der Waals surface area contributed by atoms with Crippen molar-refractivity contribution < 1.29 is 27.4 Å². The minimum Gasteiger partial charge on any atom is -0.639 e. The molecule has 1 atom stereocenters. The van der Waals surface area contributed by atoms with Gasteiger partial charge in [0.25, 0.3) is 0 Å². The van der Waals surface area contributed by atoms with Crippen molar-refractivity contribution in [1.82, 2.24) is 9.97 Å². The summed E-state index contributed by atoms with van der Waals surface area (Å²) in [5.74, 6) is 1.77. The number of hydrogen-bond acceptors (Lipinski definition) is 8. The molecule has 3 aliphatic heterocycles. The number of ether oxygens (including phenoxy) is 2. The van der Waals surface area contributed by atoms with E-state index in [4.69, 9.17) is 18.8 Å². The van der Waals surface area contributed by atoms with Gasteiger partial charge in [-0.3, -0.25) is 0 Å². The fourth-order valence-corrected chi connectivity index (χ4v) is 4.14. The van der Waals surface area contributed by atoms with Crippen LogP contribution in [0.4, 0.5) is 20.3 Å². The first-order chi connectivity index (χ1) is 17.5. The molecule has 1 unspecified atom stereocenters. The van der Waals surface area contributed by atoms with Crippen LogP contribution in [0.2, 0.25) is 0 Å². The van der Waals surface area contributed by atoms with E-state index in [-0.39, 0.29) is 5.76 Å². The highest BCUT2D eigenvalue weighted by molar-refractivity contribution is 6.52. The second-order valence-corrected chi connectivity index (χ2v) is 8.61. The van der Waals surface area contributed by atoms with Crippen LogP contribution in [0.5, 0.6) is 0 Å². The molecule has 5 heterocycles. The van der Waals surface area contributed by atoms with Gasteiger partial charge in [-0.1, -0.05) is 12.2 Å². The lowest BCUT2D eigenvalue weighted by Gasteiger charge is -2.35. The predicted molar refractivity (Wildman–Crippen MR) is 135 cm³/mol. The van der Waals surface area contributed by atoms with Gasteiger partial charge in [0.15, 0.2) is 0 Å². The Bertz CT molecular complexity index is 1100. The number of halogens is 2. The van der Waals surface area contributed by atoms with Gasteiger partial charge >= 0.3 is 7.11 Å². The van der Waals surface area contributed by atoms with Gasteiger partial charge in [-0.15, -0.1) is 0 Å². The summed E-state index contributed by atoms with van der Waals surface area (Å²) in [5.41, 5.74) is 1.56. The van der Waals surface area contributed by atoms with Gasteiger partial charge in [0.2, 0.25) is 0 Å². The SMILES string of the molecule is F[B-]1(F)OC(/C=C/c2ccc(N3CCOCC3)nc2)=CC(/C=C/c2ccc(N3CCOCC3)nc2)O1. The first kappa shape index (κ1) is 24.4. The Kier molecular flexibility index (Phi) is 7.59. The molecule has 11 heteroatoms. The topological polar surface area (TPSA) is 69.2 Å². The zero-order chi connectivity index (χ0) is 24.8. The minimum absolute atomic E-state index is 0.0407. The van der Waals surface area contributed by atoms with Crippen molar-refractivity contribution in [3.63, 3.8) is 0 Å². The lowest BCUT2D eigenvalue weighted by atomic mass is 10.1. The van der Waals surface area contributed by atoms with Crippen LogP contribution in [0.1, 0.15) is 11.1 Å². The lowest BCUT2D eigenvalue weighted by molar-refractivity contribution is 0.0891. The highest BCUT2D eigenvalue weighted by Gasteiger charge is 2.36. The minimum atomic E-state index is -4.44. The molecule has 0 spiro atoms. The molecule has 0 saturated carbocycles. The van der Waals surface area contributed by atoms with E-state index in [1.807, 2.05) is 24.3 Å². The van der Waals surface area contributed by atoms with Gasteiger partial charge < -0.3 is 37.2 Å². The third kappa shape index (κ3) is 6.48. The van der Waals surface area contributed by atoms with Crippen LogP contribution in [0.25, 0.3) is 12.2 Å². The largest absolute Gasteiger partial charge is 0.664 e. The summed E-state index contributed by atoms with van der Waals surface area (Å²) in [4.78, 5) is 13.2. The molecule has 3 aliphatic rings. The highest BCUT2D eigenvalue weighted by Crippen LogP contribution is 2.27. The van der Waals surface area contributed by atoms with Gasteiger partial charge in [0.1, 0.15) is 11.6 Å². The Labute approximate surface area is 208 Å². The number of pyridine rings is 2. The zero-order valence-corrected chi connectivity index (χ0v) is 19.8. The number of anilines is 2. The quantitative estimate of drug-likeness (QED) is 0.562. The molecule has 0 bridgehead atoms. The van der Waals surface area contributed by atoms with Crippen LogP contribution in [-0.2, 0) is 18.8 Å². The summed E-state index contributed by atoms with van der Waals surface area (Å²) in [6, 6.07) is 7.61. The van der Waals surface area contributed by atoms with Crippen molar-refractivity contribution >= 4 is 30.9 Å². The van der Waals surface area contributed by atoms with Crippen LogP contribution in [0.15, 0.2) is 60.6 Å². The monoisotopic (exact) mass is 497 g/mol. The maximum absolute atomic E-state index is 14.1. The summed E-state index contributed by atoms with van der Waals surface area (Å²) in [6.45, 7) is 5.90. The van der Waals surface area contributed by atoms with Gasteiger partial charge in [-0.05, 0) is 53.6 Å². The Morgan fingerprint density at radius 2 is 1.33 bits per heavy atom. The van der Waals surface area contributed by atoms with Crippen molar-refractivity contribution in [3.8, 4) is 0 Å². The summed E-state index contributed by atoms with van der Waals surface area (Å²) < 4.78 is 48.6. The Morgan fingerprint density at radius 1 is 0.778 bits per heavy atom. The standard InChI is InChI=1S/C25H28BF2N4O4/c27-26(28)35-22(5-1-20-3-7-24(29-18-20)31-9-13-33-14-10-31)17-23(36-26)6-2-21-4-8-25(30-19-21)32-11-15-34-16-12-32/h1-8,17-19,22H,9-16H2/q-1/b5-1+,6-2+. The number of allylic oxidation sites excluding steroid dienone is 1. The predicted octanol–water partition coefficient (Wildman–Crippen LogP) is 3.55. The molecule has 0 aromatic carbocycles. The molecule has 2 aromatic rings. The molecular weight excluding hydrogens is 469 g/mol. The zero-order valence-electron chi connectivity index (χ0n) is 19.8. The van der Waals surface area contributed by atoms with Gasteiger partial charge in [0, 0.05) is 38.6 Å². The lowest BCUT2D eigenvalue weighted by Crippen LogP contribution is -2.38. The van der Waals surface area contributed by atoms with E-state index in [2.05, 4.69) is 19.8 Å². The van der Waals surface area contributed by atoms with E-state index in [1.54, 1.807) is 30.6 Å². The molecule has 5 rings (SSSR count). The maximum Gasteiger partial charge on any atom is 0.664 e. The fourth-order valence-electron chi connectivity index (χ4n) is 4.14. The maximum atomic E-state index is 14.1. The van der Waals surface area contributed by atoms with E-state index in [9.17, 15) is 8.63 Å². The van der Waals surface area contributed by atoms with E-state index in [1.165, 1.54) is 12.2 Å². The Hall–Kier alpha value is -3.28. The molecule has 0 radical (unpaired) electrons. The third-order valence-corrected chi connectivity index (χ3v) is 6.05. The Balaban J connectivity index is 1.23. The molecule has 36 heavy (non-hydrogen) atoms. The average molecular weight is 497 g/mol.